The fourth-order valence-corrected chi connectivity index (χ4v) is 1.91. The Morgan fingerprint density at radius 1 is 1.21 bits per heavy atom. The maximum atomic E-state index is 13.9. The van der Waals surface area contributed by atoms with Gasteiger partial charge >= 0.3 is 0 Å². The van der Waals surface area contributed by atoms with Gasteiger partial charge in [-0.2, -0.15) is 0 Å². The number of carbonyl (C=O) groups is 2. The monoisotopic (exact) mass is 332 g/mol. The number of carbonyl (C=O) groups excluding carboxylic acids is 2. The highest BCUT2D eigenvalue weighted by Gasteiger charge is 2.14. The molecule has 124 valence electrons. The summed E-state index contributed by atoms with van der Waals surface area (Å²) in [4.78, 5) is 32.9. The topological polar surface area (TPSA) is 98.5 Å². The van der Waals surface area contributed by atoms with Crippen LogP contribution in [0.5, 0.6) is 5.75 Å². The standard InChI is InChI=1S/C16H13FN2O5/c1-10(20)18-11-2-7-14(15(17)8-11)16(21)9-24-13-5-3-12(4-6-13)19(22)23/h2-8H,9H2,1H3,(H,18,20). The van der Waals surface area contributed by atoms with Gasteiger partial charge < -0.3 is 10.1 Å². The highest BCUT2D eigenvalue weighted by molar-refractivity contribution is 5.98. The van der Waals surface area contributed by atoms with E-state index in [9.17, 15) is 24.1 Å². The normalized spacial score (nSPS) is 10.1. The third-order valence-corrected chi connectivity index (χ3v) is 3.01. The first-order valence-electron chi connectivity index (χ1n) is 6.84. The summed E-state index contributed by atoms with van der Waals surface area (Å²) in [5, 5.41) is 12.9. The lowest BCUT2D eigenvalue weighted by Crippen LogP contribution is -2.14. The molecule has 24 heavy (non-hydrogen) atoms. The summed E-state index contributed by atoms with van der Waals surface area (Å²) >= 11 is 0. The van der Waals surface area contributed by atoms with Gasteiger partial charge in [0.15, 0.2) is 6.61 Å². The molecule has 0 saturated heterocycles. The van der Waals surface area contributed by atoms with E-state index in [0.717, 1.165) is 6.07 Å². The molecule has 0 aliphatic rings. The lowest BCUT2D eigenvalue weighted by molar-refractivity contribution is -0.384. The number of non-ortho nitro benzene ring substituents is 1. The number of halogens is 1. The van der Waals surface area contributed by atoms with Crippen LogP contribution >= 0.6 is 0 Å². The molecule has 2 aromatic carbocycles. The van der Waals surface area contributed by atoms with Gasteiger partial charge in [-0.1, -0.05) is 0 Å². The molecule has 0 unspecified atom stereocenters. The Hall–Kier alpha value is -3.29. The lowest BCUT2D eigenvalue weighted by Gasteiger charge is -2.08. The molecule has 0 atom stereocenters. The molecule has 8 heteroatoms. The van der Waals surface area contributed by atoms with Crippen LogP contribution in [-0.4, -0.2) is 23.2 Å². The van der Waals surface area contributed by atoms with Crippen LogP contribution in [0.1, 0.15) is 17.3 Å². The predicted octanol–water partition coefficient (Wildman–Crippen LogP) is 2.95. The molecule has 2 rings (SSSR count). The molecule has 2 aromatic rings. The van der Waals surface area contributed by atoms with Crippen molar-refractivity contribution in [3.8, 4) is 5.75 Å². The molecular formula is C16H13FN2O5. The summed E-state index contributed by atoms with van der Waals surface area (Å²) in [6, 6.07) is 8.88. The molecule has 0 saturated carbocycles. The summed E-state index contributed by atoms with van der Waals surface area (Å²) in [6.45, 7) is 0.864. The average molecular weight is 332 g/mol. The molecule has 0 aliphatic carbocycles. The second-order valence-electron chi connectivity index (χ2n) is 4.84. The Labute approximate surface area is 136 Å². The first-order chi connectivity index (χ1) is 11.4. The van der Waals surface area contributed by atoms with E-state index >= 15 is 0 Å². The number of benzene rings is 2. The molecule has 1 N–H and O–H groups in total. The van der Waals surface area contributed by atoms with E-state index in [1.165, 1.54) is 43.3 Å². The molecule has 7 nitrogen and oxygen atoms in total. The number of hydrogen-bond donors (Lipinski definition) is 1. The zero-order chi connectivity index (χ0) is 17.7. The minimum absolute atomic E-state index is 0.103. The summed E-state index contributed by atoms with van der Waals surface area (Å²) in [5.41, 5.74) is -0.0351. The van der Waals surface area contributed by atoms with Crippen molar-refractivity contribution >= 4 is 23.1 Å². The van der Waals surface area contributed by atoms with Gasteiger partial charge in [0.25, 0.3) is 5.69 Å². The van der Waals surface area contributed by atoms with Crippen molar-refractivity contribution in [2.45, 2.75) is 6.92 Å². The molecular weight excluding hydrogens is 319 g/mol. The molecule has 0 radical (unpaired) electrons. The van der Waals surface area contributed by atoms with Crippen LogP contribution in [-0.2, 0) is 4.79 Å². The van der Waals surface area contributed by atoms with Crippen molar-refractivity contribution in [3.63, 3.8) is 0 Å². The number of Topliss-reactive ketones (excluding diaryl/α,β-unsaturated/α-hetero) is 1. The number of amides is 1. The van der Waals surface area contributed by atoms with Crippen LogP contribution in [0, 0.1) is 15.9 Å². The Balaban J connectivity index is 2.01. The van der Waals surface area contributed by atoms with Crippen molar-refractivity contribution < 1.29 is 23.6 Å². The van der Waals surface area contributed by atoms with Crippen LogP contribution < -0.4 is 10.1 Å². The molecule has 0 fully saturated rings. The molecule has 0 heterocycles. The van der Waals surface area contributed by atoms with Crippen LogP contribution in [0.15, 0.2) is 42.5 Å². The molecule has 1 amide bonds. The number of nitrogens with zero attached hydrogens (tertiary/aromatic N) is 1. The van der Waals surface area contributed by atoms with Gasteiger partial charge in [0.05, 0.1) is 10.5 Å². The maximum absolute atomic E-state index is 13.9. The minimum atomic E-state index is -0.779. The van der Waals surface area contributed by atoms with Crippen molar-refractivity contribution in [2.75, 3.05) is 11.9 Å². The third kappa shape index (κ3) is 4.35. The number of rotatable bonds is 6. The fourth-order valence-electron chi connectivity index (χ4n) is 1.91. The van der Waals surface area contributed by atoms with Crippen LogP contribution in [0.2, 0.25) is 0 Å². The number of hydrogen-bond acceptors (Lipinski definition) is 5. The summed E-state index contributed by atoms with van der Waals surface area (Å²) in [7, 11) is 0. The lowest BCUT2D eigenvalue weighted by atomic mass is 10.1. The van der Waals surface area contributed by atoms with Crippen molar-refractivity contribution in [1.29, 1.82) is 0 Å². The highest BCUT2D eigenvalue weighted by Crippen LogP contribution is 2.19. The SMILES string of the molecule is CC(=O)Nc1ccc(C(=O)COc2ccc([N+](=O)[O-])cc2)c(F)c1. The Morgan fingerprint density at radius 2 is 1.88 bits per heavy atom. The molecule has 0 aliphatic heterocycles. The molecule has 0 bridgehead atoms. The number of ketones is 1. The summed E-state index contributed by atoms with van der Waals surface area (Å²) < 4.78 is 19.1. The largest absolute Gasteiger partial charge is 0.485 e. The molecule has 0 aromatic heterocycles. The van der Waals surface area contributed by atoms with Crippen molar-refractivity contribution in [3.05, 3.63) is 64.0 Å². The van der Waals surface area contributed by atoms with Gasteiger partial charge in [-0.25, -0.2) is 4.39 Å². The van der Waals surface area contributed by atoms with Gasteiger partial charge in [-0.3, -0.25) is 19.7 Å². The van der Waals surface area contributed by atoms with Crippen LogP contribution in [0.25, 0.3) is 0 Å². The van der Waals surface area contributed by atoms with Gasteiger partial charge in [0, 0.05) is 24.7 Å². The Morgan fingerprint density at radius 3 is 2.42 bits per heavy atom. The van der Waals surface area contributed by atoms with Gasteiger partial charge in [0.1, 0.15) is 11.6 Å². The first kappa shape index (κ1) is 17.1. The Kier molecular flexibility index (Phi) is 5.20. The van der Waals surface area contributed by atoms with E-state index in [1.54, 1.807) is 0 Å². The number of ether oxygens (including phenoxy) is 1. The number of nitro groups is 1. The molecule has 0 spiro atoms. The van der Waals surface area contributed by atoms with Crippen LogP contribution in [0.3, 0.4) is 0 Å². The van der Waals surface area contributed by atoms with E-state index in [-0.39, 0.29) is 28.6 Å². The van der Waals surface area contributed by atoms with Crippen LogP contribution in [0.4, 0.5) is 15.8 Å². The van der Waals surface area contributed by atoms with E-state index in [0.29, 0.717) is 0 Å². The van der Waals surface area contributed by atoms with E-state index < -0.39 is 23.1 Å². The summed E-state index contributed by atoms with van der Waals surface area (Å²) in [5.74, 6) is -1.47. The number of anilines is 1. The van der Waals surface area contributed by atoms with Gasteiger partial charge in [-0.05, 0) is 30.3 Å². The van der Waals surface area contributed by atoms with E-state index in [4.69, 9.17) is 4.74 Å². The van der Waals surface area contributed by atoms with Gasteiger partial charge in [0.2, 0.25) is 11.7 Å². The zero-order valence-corrected chi connectivity index (χ0v) is 12.6. The maximum Gasteiger partial charge on any atom is 0.269 e. The number of nitro benzene ring substituents is 1. The second kappa shape index (κ2) is 7.32. The highest BCUT2D eigenvalue weighted by atomic mass is 19.1. The Bertz CT molecular complexity index is 790. The third-order valence-electron chi connectivity index (χ3n) is 3.01. The number of nitrogens with one attached hydrogen (secondary N) is 1. The van der Waals surface area contributed by atoms with Gasteiger partial charge in [-0.15, -0.1) is 0 Å². The zero-order valence-electron chi connectivity index (χ0n) is 12.6. The minimum Gasteiger partial charge on any atom is -0.485 e. The predicted molar refractivity (Wildman–Crippen MR) is 83.6 cm³/mol. The van der Waals surface area contributed by atoms with Crippen molar-refractivity contribution in [1.82, 2.24) is 0 Å². The second-order valence-corrected chi connectivity index (χ2v) is 4.84. The van der Waals surface area contributed by atoms with Crippen molar-refractivity contribution in [2.24, 2.45) is 0 Å². The first-order valence-corrected chi connectivity index (χ1v) is 6.84. The smallest absolute Gasteiger partial charge is 0.269 e. The fraction of sp³-hybridized carbons (Fsp3) is 0.125. The quantitative estimate of drug-likeness (QED) is 0.498. The van der Waals surface area contributed by atoms with E-state index in [2.05, 4.69) is 5.32 Å². The van der Waals surface area contributed by atoms with E-state index in [1.807, 2.05) is 0 Å². The summed E-state index contributed by atoms with van der Waals surface area (Å²) in [6.07, 6.45) is 0. The average Bonchev–Trinajstić information content (AvgIpc) is 2.52.